The van der Waals surface area contributed by atoms with Crippen molar-refractivity contribution >= 4 is 65.0 Å². The zero-order valence-electron chi connectivity index (χ0n) is 31.8. The molecule has 12 aromatic rings. The molecular weight excluding hydrogens is 719 g/mol. The lowest BCUT2D eigenvalue weighted by Gasteiger charge is -2.14. The maximum Gasteiger partial charge on any atom is 0.164 e. The van der Waals surface area contributed by atoms with Crippen LogP contribution in [0, 0.1) is 0 Å². The summed E-state index contributed by atoms with van der Waals surface area (Å²) in [4.78, 5) is 16.1. The maximum atomic E-state index is 6.77. The Morgan fingerprint density at radius 1 is 0.288 bits per heavy atom. The van der Waals surface area contributed by atoms with E-state index in [0.717, 1.165) is 71.3 Å². The third-order valence-electron chi connectivity index (χ3n) is 11.7. The number of furan rings is 1. The zero-order valence-corrected chi connectivity index (χ0v) is 31.8. The monoisotopic (exact) mass is 751 g/mol. The fourth-order valence-corrected chi connectivity index (χ4v) is 8.84. The Kier molecular flexibility index (Phi) is 7.50. The molecule has 0 fully saturated rings. The molecule has 0 bridgehead atoms. The minimum absolute atomic E-state index is 0.586. The number of hydrogen-bond acceptors (Lipinski definition) is 4. The first kappa shape index (κ1) is 33.2. The van der Waals surface area contributed by atoms with Crippen molar-refractivity contribution in [2.75, 3.05) is 0 Å². The van der Waals surface area contributed by atoms with E-state index in [1.54, 1.807) is 0 Å². The van der Waals surface area contributed by atoms with Crippen LogP contribution in [0.15, 0.2) is 205 Å². The summed E-state index contributed by atoms with van der Waals surface area (Å²) in [6, 6.07) is 70.4. The van der Waals surface area contributed by atoms with Gasteiger partial charge in [-0.05, 0) is 90.1 Å². The first-order valence-electron chi connectivity index (χ1n) is 19.9. The molecule has 12 rings (SSSR count). The second kappa shape index (κ2) is 13.3. The van der Waals surface area contributed by atoms with Crippen LogP contribution in [-0.2, 0) is 0 Å². The van der Waals surface area contributed by atoms with E-state index >= 15 is 0 Å². The summed E-state index contributed by atoms with van der Waals surface area (Å²) in [7, 11) is 0. The highest BCUT2D eigenvalue weighted by Gasteiger charge is 2.22. The van der Waals surface area contributed by atoms with Crippen molar-refractivity contribution in [2.24, 2.45) is 0 Å². The first-order chi connectivity index (χ1) is 29.2. The lowest BCUT2D eigenvalue weighted by Crippen LogP contribution is -2.01. The predicted molar refractivity (Wildman–Crippen MR) is 244 cm³/mol. The normalized spacial score (nSPS) is 11.7. The van der Waals surface area contributed by atoms with Crippen molar-refractivity contribution < 1.29 is 4.42 Å². The molecule has 0 saturated carbocycles. The van der Waals surface area contributed by atoms with E-state index in [2.05, 4.69) is 182 Å². The van der Waals surface area contributed by atoms with Gasteiger partial charge >= 0.3 is 0 Å². The Bertz CT molecular complexity index is 3610. The molecule has 4 nitrogen and oxygen atoms in total. The Morgan fingerprint density at radius 3 is 1.61 bits per heavy atom. The van der Waals surface area contributed by atoms with E-state index < -0.39 is 0 Å². The molecule has 0 saturated heterocycles. The van der Waals surface area contributed by atoms with Gasteiger partial charge in [0.25, 0.3) is 0 Å². The molecule has 0 spiro atoms. The van der Waals surface area contributed by atoms with E-state index in [1.165, 1.54) is 32.7 Å². The van der Waals surface area contributed by atoms with Crippen molar-refractivity contribution in [1.29, 1.82) is 0 Å². The smallest absolute Gasteiger partial charge is 0.164 e. The molecule has 0 aliphatic carbocycles. The fraction of sp³-hybridized carbons (Fsp3) is 0. The van der Waals surface area contributed by atoms with E-state index in [-0.39, 0.29) is 0 Å². The number of para-hydroxylation sites is 1. The lowest BCUT2D eigenvalue weighted by atomic mass is 9.95. The topological polar surface area (TPSA) is 51.8 Å². The summed E-state index contributed by atoms with van der Waals surface area (Å²) in [6.07, 6.45) is 0. The van der Waals surface area contributed by atoms with Crippen molar-refractivity contribution in [3.63, 3.8) is 0 Å². The predicted octanol–water partition coefficient (Wildman–Crippen LogP) is 14.7. The highest BCUT2D eigenvalue weighted by molar-refractivity contribution is 6.17. The Morgan fingerprint density at radius 2 is 0.814 bits per heavy atom. The Labute approximate surface area is 339 Å². The molecule has 59 heavy (non-hydrogen) atoms. The number of nitrogens with zero attached hydrogens (tertiary/aromatic N) is 3. The fourth-order valence-electron chi connectivity index (χ4n) is 8.84. The van der Waals surface area contributed by atoms with Gasteiger partial charge in [0, 0.05) is 33.0 Å². The summed E-state index contributed by atoms with van der Waals surface area (Å²) in [5.41, 5.74) is 8.81. The van der Waals surface area contributed by atoms with E-state index in [4.69, 9.17) is 19.4 Å². The number of aromatic nitrogens is 3. The molecule has 10 aromatic carbocycles. The van der Waals surface area contributed by atoms with Crippen LogP contribution in [0.5, 0.6) is 0 Å². The highest BCUT2D eigenvalue weighted by Crippen LogP contribution is 2.43. The summed E-state index contributed by atoms with van der Waals surface area (Å²) in [5, 5.41) is 11.3. The molecule has 4 heteroatoms. The largest absolute Gasteiger partial charge is 0.455 e. The quantitative estimate of drug-likeness (QED) is 0.164. The van der Waals surface area contributed by atoms with Gasteiger partial charge in [-0.3, -0.25) is 0 Å². The van der Waals surface area contributed by atoms with E-state index in [1.807, 2.05) is 18.2 Å². The van der Waals surface area contributed by atoms with Crippen LogP contribution in [0.4, 0.5) is 0 Å². The maximum absolute atomic E-state index is 6.77. The lowest BCUT2D eigenvalue weighted by molar-refractivity contribution is 0.670. The average molecular weight is 752 g/mol. The van der Waals surface area contributed by atoms with Gasteiger partial charge in [-0.1, -0.05) is 170 Å². The summed E-state index contributed by atoms with van der Waals surface area (Å²) in [5.74, 6) is 1.81. The van der Waals surface area contributed by atoms with E-state index in [9.17, 15) is 0 Å². The average Bonchev–Trinajstić information content (AvgIpc) is 3.71. The molecule has 0 aliphatic heterocycles. The Hall–Kier alpha value is -7.95. The van der Waals surface area contributed by atoms with Crippen molar-refractivity contribution in [3.05, 3.63) is 200 Å². The van der Waals surface area contributed by atoms with Crippen LogP contribution in [0.1, 0.15) is 0 Å². The zero-order chi connectivity index (χ0) is 38.9. The molecule has 2 heterocycles. The van der Waals surface area contributed by atoms with Gasteiger partial charge in [0.2, 0.25) is 0 Å². The number of rotatable bonds is 5. The number of benzene rings is 10. The van der Waals surface area contributed by atoms with Crippen LogP contribution in [-0.4, -0.2) is 15.0 Å². The first-order valence-corrected chi connectivity index (χ1v) is 19.9. The molecule has 0 radical (unpaired) electrons. The second-order valence-corrected chi connectivity index (χ2v) is 15.1. The number of fused-ring (bicyclic) bond motifs is 9. The SMILES string of the molecule is c1ccc(-c2ccc(-c3ccc(-c4nc(-c5ccc6ccc7ccccc7c6c5)nc(-c5cc6ccccc6c6ccccc56)n4)c4c3oc3ccccc34)cc2)cc1. The highest BCUT2D eigenvalue weighted by atomic mass is 16.3. The molecule has 0 amide bonds. The minimum Gasteiger partial charge on any atom is -0.455 e. The van der Waals surface area contributed by atoms with Gasteiger partial charge in [0.05, 0.1) is 0 Å². The van der Waals surface area contributed by atoms with Gasteiger partial charge < -0.3 is 4.42 Å². The Balaban J connectivity index is 1.12. The summed E-state index contributed by atoms with van der Waals surface area (Å²) >= 11 is 0. The van der Waals surface area contributed by atoms with Gasteiger partial charge in [0.1, 0.15) is 11.2 Å². The summed E-state index contributed by atoms with van der Waals surface area (Å²) < 4.78 is 6.77. The third-order valence-corrected chi connectivity index (χ3v) is 11.7. The van der Waals surface area contributed by atoms with Crippen LogP contribution in [0.25, 0.3) is 121 Å². The minimum atomic E-state index is 0.586. The van der Waals surface area contributed by atoms with Crippen LogP contribution in [0.2, 0.25) is 0 Å². The van der Waals surface area contributed by atoms with Crippen molar-refractivity contribution in [1.82, 2.24) is 15.0 Å². The second-order valence-electron chi connectivity index (χ2n) is 15.1. The standard InChI is InChI=1S/C55H33N3O/c1-2-12-34(13-3-1)35-22-24-37(25-23-35)43-30-31-47(51-46-20-10-11-21-50(46)59-52(43)51)54-56-53(40-29-28-38-27-26-36-14-4-6-16-41(36)48(38)33-40)57-55(58-54)49-32-39-15-5-7-17-42(39)44-18-8-9-19-45(44)49/h1-33H. The van der Waals surface area contributed by atoms with Crippen LogP contribution in [0.3, 0.4) is 0 Å². The molecule has 0 aliphatic rings. The van der Waals surface area contributed by atoms with Gasteiger partial charge in [0.15, 0.2) is 17.5 Å². The van der Waals surface area contributed by atoms with Gasteiger partial charge in [-0.15, -0.1) is 0 Å². The van der Waals surface area contributed by atoms with Crippen molar-refractivity contribution in [3.8, 4) is 56.4 Å². The molecule has 274 valence electrons. The van der Waals surface area contributed by atoms with Gasteiger partial charge in [-0.2, -0.15) is 0 Å². The number of hydrogen-bond donors (Lipinski definition) is 0. The van der Waals surface area contributed by atoms with Crippen molar-refractivity contribution in [2.45, 2.75) is 0 Å². The molecule has 0 atom stereocenters. The molecular formula is C55H33N3O. The molecule has 0 N–H and O–H groups in total. The van der Waals surface area contributed by atoms with Crippen LogP contribution >= 0.6 is 0 Å². The molecule has 0 unspecified atom stereocenters. The summed E-state index contributed by atoms with van der Waals surface area (Å²) in [6.45, 7) is 0. The van der Waals surface area contributed by atoms with Gasteiger partial charge in [-0.25, -0.2) is 15.0 Å². The third kappa shape index (κ3) is 5.49. The van der Waals surface area contributed by atoms with Crippen LogP contribution < -0.4 is 0 Å². The molecule has 2 aromatic heterocycles. The van der Waals surface area contributed by atoms with E-state index in [0.29, 0.717) is 17.5 Å².